The zero-order chi connectivity index (χ0) is 16.2. The molecule has 1 aliphatic rings. The van der Waals surface area contributed by atoms with Gasteiger partial charge in [-0.25, -0.2) is 4.39 Å². The number of halogens is 3. The van der Waals surface area contributed by atoms with Crippen molar-refractivity contribution in [3.63, 3.8) is 0 Å². The largest absolute Gasteiger partial charge is 0.378 e. The van der Waals surface area contributed by atoms with Crippen LogP contribution in [0.15, 0.2) is 18.2 Å². The zero-order valence-electron chi connectivity index (χ0n) is 13.3. The summed E-state index contributed by atoms with van der Waals surface area (Å²) in [5.74, 6) is -0.433. The van der Waals surface area contributed by atoms with E-state index in [0.717, 1.165) is 6.54 Å². The lowest BCUT2D eigenvalue weighted by atomic mass is 9.84. The molecule has 0 spiro atoms. The van der Waals surface area contributed by atoms with E-state index in [9.17, 15) is 9.18 Å². The highest BCUT2D eigenvalue weighted by Crippen LogP contribution is 2.31. The van der Waals surface area contributed by atoms with Crippen LogP contribution in [0.2, 0.25) is 5.02 Å². The second kappa shape index (κ2) is 8.83. The smallest absolute Gasteiger partial charge is 0.221 e. The Morgan fingerprint density at radius 1 is 1.52 bits per heavy atom. The summed E-state index contributed by atoms with van der Waals surface area (Å²) < 4.78 is 19.3. The van der Waals surface area contributed by atoms with Crippen LogP contribution in [0, 0.1) is 5.82 Å². The van der Waals surface area contributed by atoms with Crippen LogP contribution in [0.3, 0.4) is 0 Å². The van der Waals surface area contributed by atoms with Gasteiger partial charge in [0.25, 0.3) is 0 Å². The Kier molecular flexibility index (Phi) is 7.74. The van der Waals surface area contributed by atoms with E-state index in [1.807, 2.05) is 13.8 Å². The molecule has 0 bridgehead atoms. The highest BCUT2D eigenvalue weighted by Gasteiger charge is 2.28. The zero-order valence-corrected chi connectivity index (χ0v) is 14.9. The number of hydrogen-bond acceptors (Lipinski definition) is 3. The third-order valence-electron chi connectivity index (χ3n) is 3.80. The lowest BCUT2D eigenvalue weighted by Crippen LogP contribution is -2.45. The molecular formula is C16H23Cl2FN2O2. The first-order valence-corrected chi connectivity index (χ1v) is 7.80. The van der Waals surface area contributed by atoms with Crippen molar-refractivity contribution in [3.05, 3.63) is 34.6 Å². The molecule has 1 unspecified atom stereocenters. The molecule has 2 N–H and O–H groups in total. The Morgan fingerprint density at radius 2 is 2.26 bits per heavy atom. The summed E-state index contributed by atoms with van der Waals surface area (Å²) in [6.45, 7) is 6.01. The Labute approximate surface area is 147 Å². The maximum atomic E-state index is 14.0. The molecule has 1 aliphatic heterocycles. The van der Waals surface area contributed by atoms with Crippen molar-refractivity contribution in [1.82, 2.24) is 10.6 Å². The molecule has 0 radical (unpaired) electrons. The molecule has 1 amide bonds. The fourth-order valence-corrected chi connectivity index (χ4v) is 3.02. The van der Waals surface area contributed by atoms with Gasteiger partial charge >= 0.3 is 0 Å². The molecule has 0 saturated carbocycles. The van der Waals surface area contributed by atoms with E-state index >= 15 is 0 Å². The molecule has 23 heavy (non-hydrogen) atoms. The van der Waals surface area contributed by atoms with Crippen LogP contribution >= 0.6 is 24.0 Å². The van der Waals surface area contributed by atoms with Crippen molar-refractivity contribution in [3.8, 4) is 0 Å². The van der Waals surface area contributed by atoms with Crippen LogP contribution in [0.25, 0.3) is 0 Å². The number of amides is 1. The van der Waals surface area contributed by atoms with Gasteiger partial charge in [0, 0.05) is 41.6 Å². The lowest BCUT2D eigenvalue weighted by molar-refractivity contribution is -0.122. The monoisotopic (exact) mass is 364 g/mol. The Hall–Kier alpha value is -0.880. The second-order valence-corrected chi connectivity index (χ2v) is 6.59. The lowest BCUT2D eigenvalue weighted by Gasteiger charge is -2.28. The molecule has 1 aromatic rings. The van der Waals surface area contributed by atoms with Crippen LogP contribution in [-0.4, -0.2) is 38.3 Å². The predicted octanol–water partition coefficient (Wildman–Crippen LogP) is 2.67. The van der Waals surface area contributed by atoms with E-state index in [2.05, 4.69) is 10.6 Å². The number of ether oxygens (including phenoxy) is 1. The average Bonchev–Trinajstić information content (AvgIpc) is 2.46. The Balaban J connectivity index is 0.00000264. The number of morpholine rings is 1. The van der Waals surface area contributed by atoms with Crippen molar-refractivity contribution in [1.29, 1.82) is 0 Å². The van der Waals surface area contributed by atoms with Crippen molar-refractivity contribution in [2.24, 2.45) is 0 Å². The highest BCUT2D eigenvalue weighted by atomic mass is 35.5. The van der Waals surface area contributed by atoms with Crippen molar-refractivity contribution in [2.75, 3.05) is 26.3 Å². The van der Waals surface area contributed by atoms with E-state index in [1.54, 1.807) is 12.1 Å². The number of rotatable bonds is 5. The molecule has 1 heterocycles. The molecule has 1 fully saturated rings. The third-order valence-corrected chi connectivity index (χ3v) is 4.11. The molecule has 0 aliphatic carbocycles. The van der Waals surface area contributed by atoms with Gasteiger partial charge in [-0.2, -0.15) is 0 Å². The number of nitrogens with one attached hydrogen (secondary N) is 2. The summed E-state index contributed by atoms with van der Waals surface area (Å²) in [5.41, 5.74) is -0.162. The van der Waals surface area contributed by atoms with Gasteiger partial charge in [-0.1, -0.05) is 31.5 Å². The molecule has 1 aromatic carbocycles. The maximum absolute atomic E-state index is 14.0. The number of benzene rings is 1. The fourth-order valence-electron chi connectivity index (χ4n) is 2.60. The van der Waals surface area contributed by atoms with Gasteiger partial charge in [0.2, 0.25) is 5.91 Å². The first-order valence-electron chi connectivity index (χ1n) is 7.42. The van der Waals surface area contributed by atoms with Gasteiger partial charge in [-0.3, -0.25) is 4.79 Å². The quantitative estimate of drug-likeness (QED) is 0.844. The molecular weight excluding hydrogens is 342 g/mol. The van der Waals surface area contributed by atoms with Crippen LogP contribution in [0.4, 0.5) is 4.39 Å². The minimum Gasteiger partial charge on any atom is -0.378 e. The minimum atomic E-state index is -0.589. The van der Waals surface area contributed by atoms with Crippen molar-refractivity contribution < 1.29 is 13.9 Å². The molecule has 2 rings (SSSR count). The molecule has 0 aromatic heterocycles. The van der Waals surface area contributed by atoms with Gasteiger partial charge in [-0.05, 0) is 12.1 Å². The topological polar surface area (TPSA) is 50.4 Å². The fraction of sp³-hybridized carbons (Fsp3) is 0.562. The second-order valence-electron chi connectivity index (χ2n) is 6.19. The minimum absolute atomic E-state index is 0. The summed E-state index contributed by atoms with van der Waals surface area (Å²) in [7, 11) is 0. The summed E-state index contributed by atoms with van der Waals surface area (Å²) in [6.07, 6.45) is 0.348. The van der Waals surface area contributed by atoms with Gasteiger partial charge in [-0.15, -0.1) is 12.4 Å². The first kappa shape index (κ1) is 20.2. The third kappa shape index (κ3) is 5.60. The van der Waals surface area contributed by atoms with E-state index in [0.29, 0.717) is 36.8 Å². The van der Waals surface area contributed by atoms with Crippen LogP contribution < -0.4 is 10.6 Å². The number of carbonyl (C=O) groups excluding carboxylic acids is 1. The summed E-state index contributed by atoms with van der Waals surface area (Å²) in [6, 6.07) is 4.65. The van der Waals surface area contributed by atoms with Crippen molar-refractivity contribution in [2.45, 2.75) is 31.7 Å². The standard InChI is InChI=1S/C16H22ClFN2O2.ClH/c1-16(2,15-12(17)4-3-5-13(15)18)10-20-14(21)8-11-9-22-7-6-19-11;/h3-5,11,19H,6-10H2,1-2H3,(H,20,21);1H. The molecule has 1 atom stereocenters. The Bertz CT molecular complexity index is 515. The SMILES string of the molecule is CC(C)(CNC(=O)CC1COCCN1)c1c(F)cccc1Cl.Cl. The molecule has 1 saturated heterocycles. The van der Waals surface area contributed by atoms with Gasteiger partial charge in [0.05, 0.1) is 13.2 Å². The van der Waals surface area contributed by atoms with Crippen LogP contribution in [-0.2, 0) is 14.9 Å². The number of hydrogen-bond donors (Lipinski definition) is 2. The average molecular weight is 365 g/mol. The van der Waals surface area contributed by atoms with E-state index in [-0.39, 0.29) is 30.2 Å². The predicted molar refractivity (Wildman–Crippen MR) is 91.9 cm³/mol. The van der Waals surface area contributed by atoms with Crippen LogP contribution in [0.5, 0.6) is 0 Å². The normalized spacial score (nSPS) is 18.2. The Morgan fingerprint density at radius 3 is 2.87 bits per heavy atom. The molecule has 7 heteroatoms. The van der Waals surface area contributed by atoms with Gasteiger partial charge in [0.1, 0.15) is 5.82 Å². The van der Waals surface area contributed by atoms with E-state index in [4.69, 9.17) is 16.3 Å². The van der Waals surface area contributed by atoms with E-state index in [1.165, 1.54) is 6.07 Å². The highest BCUT2D eigenvalue weighted by molar-refractivity contribution is 6.31. The van der Waals surface area contributed by atoms with Gasteiger partial charge in [0.15, 0.2) is 0 Å². The summed E-state index contributed by atoms with van der Waals surface area (Å²) in [4.78, 5) is 12.0. The van der Waals surface area contributed by atoms with Crippen LogP contribution in [0.1, 0.15) is 25.8 Å². The summed E-state index contributed by atoms with van der Waals surface area (Å²) >= 11 is 6.11. The first-order chi connectivity index (χ1) is 10.4. The summed E-state index contributed by atoms with van der Waals surface area (Å²) in [5, 5.41) is 6.47. The molecule has 130 valence electrons. The van der Waals surface area contributed by atoms with Gasteiger partial charge < -0.3 is 15.4 Å². The van der Waals surface area contributed by atoms with E-state index < -0.39 is 5.41 Å². The maximum Gasteiger partial charge on any atom is 0.221 e. The molecule has 4 nitrogen and oxygen atoms in total. The van der Waals surface area contributed by atoms with Crippen molar-refractivity contribution >= 4 is 29.9 Å². The number of carbonyl (C=O) groups is 1.